The second kappa shape index (κ2) is 6.05. The fraction of sp³-hybridized carbons (Fsp3) is 0.600. The number of hydrogen-bond acceptors (Lipinski definition) is 3. The summed E-state index contributed by atoms with van der Waals surface area (Å²) >= 11 is 5.87. The first-order valence-corrected chi connectivity index (χ1v) is 5.65. The van der Waals surface area contributed by atoms with Crippen molar-refractivity contribution in [1.82, 2.24) is 9.97 Å². The molecule has 1 unspecified atom stereocenters. The average molecular weight is 268 g/mol. The van der Waals surface area contributed by atoms with Crippen molar-refractivity contribution in [2.45, 2.75) is 31.3 Å². The van der Waals surface area contributed by atoms with Gasteiger partial charge in [0.15, 0.2) is 0 Å². The Hall–Kier alpha value is -1.04. The summed E-state index contributed by atoms with van der Waals surface area (Å²) in [5, 5.41) is 2.72. The van der Waals surface area contributed by atoms with E-state index in [1.165, 1.54) is 0 Å². The van der Waals surface area contributed by atoms with Gasteiger partial charge in [0.05, 0.1) is 0 Å². The second-order valence-corrected chi connectivity index (χ2v) is 4.10. The lowest BCUT2D eigenvalue weighted by Crippen LogP contribution is -2.13. The third-order valence-electron chi connectivity index (χ3n) is 2.13. The fourth-order valence-electron chi connectivity index (χ4n) is 1.15. The van der Waals surface area contributed by atoms with Crippen LogP contribution in [0.15, 0.2) is 12.3 Å². The van der Waals surface area contributed by atoms with E-state index in [-0.39, 0.29) is 11.3 Å². The quantitative estimate of drug-likeness (QED) is 0.832. The Balaban J connectivity index is 2.55. The highest BCUT2D eigenvalue weighted by atomic mass is 35.5. The van der Waals surface area contributed by atoms with Crippen molar-refractivity contribution in [3.63, 3.8) is 0 Å². The van der Waals surface area contributed by atoms with Crippen molar-refractivity contribution in [1.29, 1.82) is 0 Å². The Kier molecular flexibility index (Phi) is 4.99. The van der Waals surface area contributed by atoms with Crippen molar-refractivity contribution >= 4 is 17.5 Å². The molecule has 0 saturated carbocycles. The number of alkyl halides is 4. The number of nitrogens with zero attached hydrogens (tertiary/aromatic N) is 2. The minimum atomic E-state index is -4.45. The van der Waals surface area contributed by atoms with Crippen LogP contribution in [-0.2, 0) is 6.18 Å². The van der Waals surface area contributed by atoms with E-state index in [4.69, 9.17) is 11.6 Å². The molecule has 17 heavy (non-hydrogen) atoms. The van der Waals surface area contributed by atoms with Gasteiger partial charge in [0.2, 0.25) is 5.95 Å². The predicted octanol–water partition coefficient (Wildman–Crippen LogP) is 3.31. The summed E-state index contributed by atoms with van der Waals surface area (Å²) in [5.74, 6) is -0.0280. The summed E-state index contributed by atoms with van der Waals surface area (Å²) in [6.07, 6.45) is -1.90. The summed E-state index contributed by atoms with van der Waals surface area (Å²) < 4.78 is 37.0. The van der Waals surface area contributed by atoms with Gasteiger partial charge in [0.25, 0.3) is 0 Å². The van der Waals surface area contributed by atoms with Crippen LogP contribution >= 0.6 is 11.6 Å². The number of anilines is 1. The Morgan fingerprint density at radius 2 is 2.18 bits per heavy atom. The predicted molar refractivity (Wildman–Crippen MR) is 60.1 cm³/mol. The molecule has 0 bridgehead atoms. The lowest BCUT2D eigenvalue weighted by atomic mass is 10.2. The third kappa shape index (κ3) is 4.77. The molecule has 0 aliphatic heterocycles. The van der Waals surface area contributed by atoms with Crippen molar-refractivity contribution < 1.29 is 13.2 Å². The van der Waals surface area contributed by atoms with E-state index in [0.29, 0.717) is 13.0 Å². The van der Waals surface area contributed by atoms with Gasteiger partial charge < -0.3 is 5.32 Å². The van der Waals surface area contributed by atoms with Crippen LogP contribution in [0, 0.1) is 0 Å². The van der Waals surface area contributed by atoms with Crippen LogP contribution in [0.2, 0.25) is 0 Å². The topological polar surface area (TPSA) is 37.8 Å². The van der Waals surface area contributed by atoms with Gasteiger partial charge in [-0.2, -0.15) is 13.2 Å². The molecule has 0 amide bonds. The summed E-state index contributed by atoms with van der Waals surface area (Å²) in [6.45, 7) is 2.39. The molecule has 1 N–H and O–H groups in total. The van der Waals surface area contributed by atoms with E-state index in [2.05, 4.69) is 15.3 Å². The van der Waals surface area contributed by atoms with Crippen LogP contribution < -0.4 is 5.32 Å². The lowest BCUT2D eigenvalue weighted by Gasteiger charge is -2.09. The van der Waals surface area contributed by atoms with Gasteiger partial charge in [-0.25, -0.2) is 9.97 Å². The molecule has 1 aromatic rings. The zero-order valence-electron chi connectivity index (χ0n) is 9.26. The molecular formula is C10H13ClF3N3. The fourth-order valence-corrected chi connectivity index (χ4v) is 1.26. The monoisotopic (exact) mass is 267 g/mol. The first kappa shape index (κ1) is 14.0. The molecule has 0 radical (unpaired) electrons. The molecule has 1 rings (SSSR count). The summed E-state index contributed by atoms with van der Waals surface area (Å²) in [4.78, 5) is 7.09. The second-order valence-electron chi connectivity index (χ2n) is 3.48. The lowest BCUT2D eigenvalue weighted by molar-refractivity contribution is -0.141. The van der Waals surface area contributed by atoms with Crippen LogP contribution in [0.25, 0.3) is 0 Å². The highest BCUT2D eigenvalue weighted by molar-refractivity contribution is 6.20. The van der Waals surface area contributed by atoms with Crippen LogP contribution in [0.5, 0.6) is 0 Å². The third-order valence-corrected chi connectivity index (χ3v) is 2.66. The van der Waals surface area contributed by atoms with Gasteiger partial charge in [-0.3, -0.25) is 0 Å². The van der Waals surface area contributed by atoms with Gasteiger partial charge in [0, 0.05) is 18.1 Å². The van der Waals surface area contributed by atoms with Gasteiger partial charge in [-0.05, 0) is 18.9 Å². The molecule has 1 heterocycles. The largest absolute Gasteiger partial charge is 0.433 e. The van der Waals surface area contributed by atoms with Gasteiger partial charge in [0.1, 0.15) is 5.69 Å². The Morgan fingerprint density at radius 3 is 2.76 bits per heavy atom. The SMILES string of the molecule is CCC(Cl)CCNc1nccc(C(F)(F)F)n1. The van der Waals surface area contributed by atoms with E-state index in [9.17, 15) is 13.2 Å². The first-order valence-electron chi connectivity index (χ1n) is 5.21. The standard InChI is InChI=1S/C10H13ClF3N3/c1-2-7(11)3-5-15-9-16-6-4-8(17-9)10(12,13)14/h4,6-7H,2-3,5H2,1H3,(H,15,16,17). The van der Waals surface area contributed by atoms with Crippen molar-refractivity contribution in [3.8, 4) is 0 Å². The minimum Gasteiger partial charge on any atom is -0.354 e. The zero-order chi connectivity index (χ0) is 12.9. The Morgan fingerprint density at radius 1 is 1.47 bits per heavy atom. The highest BCUT2D eigenvalue weighted by Crippen LogP contribution is 2.27. The number of nitrogens with one attached hydrogen (secondary N) is 1. The number of rotatable bonds is 5. The summed E-state index contributed by atoms with van der Waals surface area (Å²) in [7, 11) is 0. The van der Waals surface area contributed by atoms with Crippen molar-refractivity contribution in [2.75, 3.05) is 11.9 Å². The van der Waals surface area contributed by atoms with Gasteiger partial charge >= 0.3 is 6.18 Å². The molecule has 0 spiro atoms. The first-order chi connectivity index (χ1) is 7.93. The number of hydrogen-bond donors (Lipinski definition) is 1. The maximum atomic E-state index is 12.3. The van der Waals surface area contributed by atoms with Crippen LogP contribution in [0.1, 0.15) is 25.5 Å². The summed E-state index contributed by atoms with van der Waals surface area (Å²) in [6, 6.07) is 0.835. The molecule has 96 valence electrons. The molecule has 0 aliphatic carbocycles. The Bertz CT molecular complexity index is 357. The Labute approximate surface area is 102 Å². The number of aromatic nitrogens is 2. The molecule has 7 heteroatoms. The molecular weight excluding hydrogens is 255 g/mol. The molecule has 0 aromatic carbocycles. The van der Waals surface area contributed by atoms with Crippen LogP contribution in [0.3, 0.4) is 0 Å². The molecule has 3 nitrogen and oxygen atoms in total. The van der Waals surface area contributed by atoms with E-state index in [1.54, 1.807) is 0 Å². The smallest absolute Gasteiger partial charge is 0.354 e. The van der Waals surface area contributed by atoms with Crippen molar-refractivity contribution in [3.05, 3.63) is 18.0 Å². The molecule has 1 atom stereocenters. The molecule has 0 fully saturated rings. The van der Waals surface area contributed by atoms with Gasteiger partial charge in [-0.15, -0.1) is 11.6 Å². The summed E-state index contributed by atoms with van der Waals surface area (Å²) in [5.41, 5.74) is -0.951. The minimum absolute atomic E-state index is 0.00768. The normalized spacial score (nSPS) is 13.5. The maximum absolute atomic E-state index is 12.3. The number of halogens is 4. The van der Waals surface area contributed by atoms with E-state index in [0.717, 1.165) is 18.7 Å². The highest BCUT2D eigenvalue weighted by Gasteiger charge is 2.32. The van der Waals surface area contributed by atoms with Crippen molar-refractivity contribution in [2.24, 2.45) is 0 Å². The van der Waals surface area contributed by atoms with E-state index >= 15 is 0 Å². The van der Waals surface area contributed by atoms with Crippen LogP contribution in [-0.4, -0.2) is 21.9 Å². The molecule has 0 aliphatic rings. The van der Waals surface area contributed by atoms with E-state index < -0.39 is 11.9 Å². The van der Waals surface area contributed by atoms with Gasteiger partial charge in [-0.1, -0.05) is 6.92 Å². The molecule has 0 saturated heterocycles. The zero-order valence-corrected chi connectivity index (χ0v) is 10.0. The van der Waals surface area contributed by atoms with E-state index in [1.807, 2.05) is 6.92 Å². The van der Waals surface area contributed by atoms with Crippen LogP contribution in [0.4, 0.5) is 19.1 Å². The maximum Gasteiger partial charge on any atom is 0.433 e. The molecule has 1 aromatic heterocycles. The average Bonchev–Trinajstić information content (AvgIpc) is 2.28.